The van der Waals surface area contributed by atoms with Crippen LogP contribution < -0.4 is 0 Å². The van der Waals surface area contributed by atoms with Gasteiger partial charge in [0, 0.05) is 23.6 Å². The van der Waals surface area contributed by atoms with Gasteiger partial charge in [-0.3, -0.25) is 9.78 Å². The summed E-state index contributed by atoms with van der Waals surface area (Å²) in [7, 11) is 0. The molecule has 0 bridgehead atoms. The number of Topliss-reactive ketones (excluding diaryl/α,β-unsaturated/α-hetero) is 1. The van der Waals surface area contributed by atoms with E-state index in [0.29, 0.717) is 24.2 Å². The van der Waals surface area contributed by atoms with E-state index >= 15 is 0 Å². The zero-order chi connectivity index (χ0) is 20.4. The molecule has 2 nitrogen and oxygen atoms in total. The average molecular weight is 390 g/mol. The summed E-state index contributed by atoms with van der Waals surface area (Å²) in [5, 5.41) is 0.943. The molecule has 3 heteroatoms. The molecule has 2 aromatic carbocycles. The highest BCUT2D eigenvalue weighted by Gasteiger charge is 2.28. The molecule has 1 fully saturated rings. The molecule has 1 aliphatic rings. The van der Waals surface area contributed by atoms with Crippen molar-refractivity contribution in [3.8, 4) is 0 Å². The second kappa shape index (κ2) is 8.44. The number of ketones is 1. The van der Waals surface area contributed by atoms with Crippen molar-refractivity contribution >= 4 is 16.7 Å². The molecule has 0 aliphatic heterocycles. The van der Waals surface area contributed by atoms with Gasteiger partial charge in [-0.2, -0.15) is 0 Å². The quantitative estimate of drug-likeness (QED) is 0.446. The molecule has 0 radical (unpaired) electrons. The van der Waals surface area contributed by atoms with E-state index < -0.39 is 0 Å². The number of carbonyl (C=O) groups excluding carboxylic acids is 1. The molecule has 1 aromatic heterocycles. The number of aromatic nitrogens is 1. The van der Waals surface area contributed by atoms with E-state index in [9.17, 15) is 9.18 Å². The van der Waals surface area contributed by atoms with Crippen LogP contribution in [0, 0.1) is 24.6 Å². The van der Waals surface area contributed by atoms with Gasteiger partial charge in [0.25, 0.3) is 0 Å². The van der Waals surface area contributed by atoms with Crippen LogP contribution in [0.1, 0.15) is 66.4 Å². The maximum atomic E-state index is 13.8. The van der Waals surface area contributed by atoms with Crippen molar-refractivity contribution in [2.24, 2.45) is 11.8 Å². The standard InChI is InChI=1S/C26H28FNO/c1-17-3-5-21(6-4-17)26(29)15-18(2)19-7-9-20(10-8-19)23-13-14-28-25-12-11-22(27)16-24(23)25/h3-6,11-14,16,18-20H,7-10,15H2,1-2H3. The van der Waals surface area contributed by atoms with Crippen molar-refractivity contribution in [3.63, 3.8) is 0 Å². The van der Waals surface area contributed by atoms with Gasteiger partial charge in [0.1, 0.15) is 5.82 Å². The van der Waals surface area contributed by atoms with Gasteiger partial charge in [-0.05, 0) is 80.2 Å². The van der Waals surface area contributed by atoms with E-state index in [1.807, 2.05) is 37.4 Å². The summed E-state index contributed by atoms with van der Waals surface area (Å²) in [6, 6.07) is 14.8. The third-order valence-electron chi connectivity index (χ3n) is 6.63. The van der Waals surface area contributed by atoms with E-state index in [1.54, 1.807) is 12.1 Å². The molecule has 1 saturated carbocycles. The van der Waals surface area contributed by atoms with Gasteiger partial charge < -0.3 is 0 Å². The zero-order valence-electron chi connectivity index (χ0n) is 17.2. The first-order valence-electron chi connectivity index (χ1n) is 10.7. The molecule has 0 N–H and O–H groups in total. The summed E-state index contributed by atoms with van der Waals surface area (Å²) < 4.78 is 13.8. The first-order chi connectivity index (χ1) is 14.0. The molecule has 150 valence electrons. The molecule has 3 aromatic rings. The summed E-state index contributed by atoms with van der Waals surface area (Å²) in [6.45, 7) is 4.25. The number of aryl methyl sites for hydroxylation is 1. The van der Waals surface area contributed by atoms with Crippen LogP contribution in [0.2, 0.25) is 0 Å². The number of hydrogen-bond donors (Lipinski definition) is 0. The molecule has 4 rings (SSSR count). The molecule has 1 atom stereocenters. The monoisotopic (exact) mass is 389 g/mol. The van der Waals surface area contributed by atoms with Crippen molar-refractivity contribution in [2.45, 2.75) is 51.9 Å². The van der Waals surface area contributed by atoms with Gasteiger partial charge in [0.2, 0.25) is 0 Å². The van der Waals surface area contributed by atoms with Gasteiger partial charge in [-0.1, -0.05) is 36.8 Å². The van der Waals surface area contributed by atoms with E-state index in [0.717, 1.165) is 42.1 Å². The van der Waals surface area contributed by atoms with Crippen molar-refractivity contribution in [1.29, 1.82) is 0 Å². The second-order valence-corrected chi connectivity index (χ2v) is 8.64. The zero-order valence-corrected chi connectivity index (χ0v) is 17.2. The van der Waals surface area contributed by atoms with E-state index in [2.05, 4.69) is 18.0 Å². The number of rotatable bonds is 5. The number of halogens is 1. The van der Waals surface area contributed by atoms with Crippen LogP contribution in [0.15, 0.2) is 54.7 Å². The molecule has 1 unspecified atom stereocenters. The number of hydrogen-bond acceptors (Lipinski definition) is 2. The van der Waals surface area contributed by atoms with Crippen molar-refractivity contribution in [1.82, 2.24) is 4.98 Å². The number of carbonyl (C=O) groups is 1. The first-order valence-corrected chi connectivity index (χ1v) is 10.7. The van der Waals surface area contributed by atoms with Crippen LogP contribution in [0.25, 0.3) is 10.9 Å². The molecule has 1 aliphatic carbocycles. The molecular weight excluding hydrogens is 361 g/mol. The average Bonchev–Trinajstić information content (AvgIpc) is 2.74. The van der Waals surface area contributed by atoms with Crippen molar-refractivity contribution < 1.29 is 9.18 Å². The van der Waals surface area contributed by atoms with Crippen LogP contribution in [0.4, 0.5) is 4.39 Å². The van der Waals surface area contributed by atoms with Gasteiger partial charge in [-0.15, -0.1) is 0 Å². The van der Waals surface area contributed by atoms with E-state index in [1.165, 1.54) is 17.2 Å². The lowest BCUT2D eigenvalue weighted by Crippen LogP contribution is -2.21. The Morgan fingerprint density at radius 2 is 1.79 bits per heavy atom. The maximum Gasteiger partial charge on any atom is 0.163 e. The highest BCUT2D eigenvalue weighted by molar-refractivity contribution is 5.96. The van der Waals surface area contributed by atoms with Crippen molar-refractivity contribution in [2.75, 3.05) is 0 Å². The Bertz CT molecular complexity index is 1000. The Kier molecular flexibility index (Phi) is 5.75. The van der Waals surface area contributed by atoms with Crippen LogP contribution in [-0.2, 0) is 0 Å². The minimum absolute atomic E-state index is 0.205. The van der Waals surface area contributed by atoms with Gasteiger partial charge in [-0.25, -0.2) is 4.39 Å². The number of nitrogens with zero attached hydrogens (tertiary/aromatic N) is 1. The molecular formula is C26H28FNO. The van der Waals surface area contributed by atoms with Crippen molar-refractivity contribution in [3.05, 3.63) is 77.2 Å². The minimum Gasteiger partial charge on any atom is -0.294 e. The summed E-state index contributed by atoms with van der Waals surface area (Å²) in [6.07, 6.45) is 6.86. The Hall–Kier alpha value is -2.55. The van der Waals surface area contributed by atoms with Crippen LogP contribution >= 0.6 is 0 Å². The highest BCUT2D eigenvalue weighted by Crippen LogP contribution is 2.41. The summed E-state index contributed by atoms with van der Waals surface area (Å²) in [5.41, 5.74) is 4.08. The Morgan fingerprint density at radius 1 is 1.07 bits per heavy atom. The lowest BCUT2D eigenvalue weighted by atomic mass is 9.72. The van der Waals surface area contributed by atoms with E-state index in [4.69, 9.17) is 0 Å². The SMILES string of the molecule is Cc1ccc(C(=O)CC(C)C2CCC(c3ccnc4ccc(F)cc34)CC2)cc1. The number of fused-ring (bicyclic) bond motifs is 1. The van der Waals surface area contributed by atoms with E-state index in [-0.39, 0.29) is 11.6 Å². The smallest absolute Gasteiger partial charge is 0.163 e. The van der Waals surface area contributed by atoms with Gasteiger partial charge in [0.15, 0.2) is 5.78 Å². The lowest BCUT2D eigenvalue weighted by Gasteiger charge is -2.32. The fourth-order valence-electron chi connectivity index (χ4n) is 4.81. The summed E-state index contributed by atoms with van der Waals surface area (Å²) in [4.78, 5) is 17.0. The molecule has 0 spiro atoms. The molecule has 0 saturated heterocycles. The molecule has 29 heavy (non-hydrogen) atoms. The second-order valence-electron chi connectivity index (χ2n) is 8.64. The minimum atomic E-state index is -0.205. The predicted molar refractivity (Wildman–Crippen MR) is 116 cm³/mol. The largest absolute Gasteiger partial charge is 0.294 e. The Morgan fingerprint density at radius 3 is 2.52 bits per heavy atom. The van der Waals surface area contributed by atoms with Crippen LogP contribution in [0.3, 0.4) is 0 Å². The third kappa shape index (κ3) is 4.39. The Balaban J connectivity index is 1.40. The topological polar surface area (TPSA) is 30.0 Å². The summed E-state index contributed by atoms with van der Waals surface area (Å²) >= 11 is 0. The molecule has 1 heterocycles. The molecule has 0 amide bonds. The third-order valence-corrected chi connectivity index (χ3v) is 6.63. The Labute approximate surface area is 172 Å². The van der Waals surface area contributed by atoms with Gasteiger partial charge in [0.05, 0.1) is 5.52 Å². The fourth-order valence-corrected chi connectivity index (χ4v) is 4.81. The lowest BCUT2D eigenvalue weighted by molar-refractivity contribution is 0.0937. The number of pyridine rings is 1. The fraction of sp³-hybridized carbons (Fsp3) is 0.385. The van der Waals surface area contributed by atoms with Crippen LogP contribution in [-0.4, -0.2) is 10.8 Å². The highest BCUT2D eigenvalue weighted by atomic mass is 19.1. The van der Waals surface area contributed by atoms with Gasteiger partial charge >= 0.3 is 0 Å². The first kappa shape index (κ1) is 19.8. The van der Waals surface area contributed by atoms with Crippen LogP contribution in [0.5, 0.6) is 0 Å². The number of benzene rings is 2. The summed E-state index contributed by atoms with van der Waals surface area (Å²) in [5.74, 6) is 1.44. The maximum absolute atomic E-state index is 13.8. The normalized spacial score (nSPS) is 20.5. The predicted octanol–water partition coefficient (Wildman–Crippen LogP) is 6.87.